The van der Waals surface area contributed by atoms with Gasteiger partial charge in [0.15, 0.2) is 0 Å². The van der Waals surface area contributed by atoms with E-state index < -0.39 is 0 Å². The summed E-state index contributed by atoms with van der Waals surface area (Å²) in [7, 11) is 0. The summed E-state index contributed by atoms with van der Waals surface area (Å²) in [6.45, 7) is 4.70. The molecule has 0 heterocycles. The van der Waals surface area contributed by atoms with Gasteiger partial charge >= 0.3 is 0 Å². The molecule has 2 aromatic rings. The van der Waals surface area contributed by atoms with E-state index in [1.165, 1.54) is 16.7 Å². The smallest absolute Gasteiger partial charge is 0.113 e. The zero-order valence-corrected chi connectivity index (χ0v) is 10.9. The fourth-order valence-electron chi connectivity index (χ4n) is 1.71. The van der Waals surface area contributed by atoms with Gasteiger partial charge in [-0.15, -0.1) is 0 Å². The normalized spacial score (nSPS) is 11.3. The Kier molecular flexibility index (Phi) is 4.19. The monoisotopic (exact) mass is 238 g/mol. The summed E-state index contributed by atoms with van der Waals surface area (Å²) in [6.07, 6.45) is 2.06. The van der Waals surface area contributed by atoms with Crippen molar-refractivity contribution in [1.82, 2.24) is 0 Å². The molecule has 0 aromatic heterocycles. The Balaban J connectivity index is 1.95. The van der Waals surface area contributed by atoms with Gasteiger partial charge in [0.05, 0.1) is 5.76 Å². The molecule has 0 aliphatic heterocycles. The molecular formula is C17H18O. The molecule has 0 atom stereocenters. The molecule has 0 amide bonds. The average molecular weight is 238 g/mol. The largest absolute Gasteiger partial charge is 0.494 e. The van der Waals surface area contributed by atoms with Crippen LogP contribution in [0.5, 0.6) is 0 Å². The Morgan fingerprint density at radius 3 is 2.33 bits per heavy atom. The average Bonchev–Trinajstić information content (AvgIpc) is 2.40. The lowest BCUT2D eigenvalue weighted by atomic mass is 10.1. The first-order valence-corrected chi connectivity index (χ1v) is 6.16. The maximum Gasteiger partial charge on any atom is 0.113 e. The molecule has 0 aliphatic rings. The number of allylic oxidation sites excluding steroid dienone is 1. The number of rotatable bonds is 4. The maximum atomic E-state index is 5.72. The van der Waals surface area contributed by atoms with Crippen LogP contribution in [0.1, 0.15) is 23.6 Å². The van der Waals surface area contributed by atoms with Gasteiger partial charge in [0.25, 0.3) is 0 Å². The van der Waals surface area contributed by atoms with Crippen LogP contribution < -0.4 is 0 Å². The van der Waals surface area contributed by atoms with E-state index in [1.807, 2.05) is 25.1 Å². The quantitative estimate of drug-likeness (QED) is 0.709. The molecule has 0 spiro atoms. The molecule has 1 nitrogen and oxygen atoms in total. The fourth-order valence-corrected chi connectivity index (χ4v) is 1.71. The summed E-state index contributed by atoms with van der Waals surface area (Å²) in [4.78, 5) is 0. The molecule has 2 rings (SSSR count). The molecule has 18 heavy (non-hydrogen) atoms. The van der Waals surface area contributed by atoms with E-state index >= 15 is 0 Å². The first-order chi connectivity index (χ1) is 8.74. The van der Waals surface area contributed by atoms with Crippen LogP contribution in [0.25, 0.3) is 6.08 Å². The minimum absolute atomic E-state index is 0.620. The number of hydrogen-bond acceptors (Lipinski definition) is 1. The summed E-state index contributed by atoms with van der Waals surface area (Å²) in [5.74, 6) is 0.933. The van der Waals surface area contributed by atoms with Crippen LogP contribution >= 0.6 is 0 Å². The second kappa shape index (κ2) is 6.06. The molecular weight excluding hydrogens is 220 g/mol. The van der Waals surface area contributed by atoms with Crippen LogP contribution in [0.3, 0.4) is 0 Å². The molecule has 0 saturated carbocycles. The van der Waals surface area contributed by atoms with Crippen molar-refractivity contribution in [2.75, 3.05) is 0 Å². The van der Waals surface area contributed by atoms with Gasteiger partial charge in [-0.3, -0.25) is 0 Å². The van der Waals surface area contributed by atoms with Crippen molar-refractivity contribution in [3.63, 3.8) is 0 Å². The minimum atomic E-state index is 0.620. The molecule has 92 valence electrons. The van der Waals surface area contributed by atoms with E-state index in [-0.39, 0.29) is 0 Å². The number of ether oxygens (including phenoxy) is 1. The number of hydrogen-bond donors (Lipinski definition) is 0. The van der Waals surface area contributed by atoms with Gasteiger partial charge in [-0.05, 0) is 31.1 Å². The summed E-state index contributed by atoms with van der Waals surface area (Å²) in [5.41, 5.74) is 3.63. The Bertz CT molecular complexity index is 509. The fraction of sp³-hybridized carbons (Fsp3) is 0.176. The third-order valence-electron chi connectivity index (χ3n) is 2.76. The highest BCUT2D eigenvalue weighted by atomic mass is 16.5. The van der Waals surface area contributed by atoms with Crippen LogP contribution in [-0.4, -0.2) is 0 Å². The SMILES string of the molecule is C/C(=C\c1ccc(C)cc1)OCc1ccccc1. The van der Waals surface area contributed by atoms with Crippen molar-refractivity contribution < 1.29 is 4.74 Å². The van der Waals surface area contributed by atoms with Gasteiger partial charge in [0.2, 0.25) is 0 Å². The Morgan fingerprint density at radius 1 is 1.00 bits per heavy atom. The molecule has 0 radical (unpaired) electrons. The second-order valence-corrected chi connectivity index (χ2v) is 4.44. The number of aryl methyl sites for hydroxylation is 1. The highest BCUT2D eigenvalue weighted by Gasteiger charge is 1.94. The Morgan fingerprint density at radius 2 is 1.67 bits per heavy atom. The third-order valence-corrected chi connectivity index (χ3v) is 2.76. The third kappa shape index (κ3) is 3.77. The molecule has 0 bridgehead atoms. The van der Waals surface area contributed by atoms with Gasteiger partial charge in [-0.25, -0.2) is 0 Å². The summed E-state index contributed by atoms with van der Waals surface area (Å²) in [6, 6.07) is 18.6. The van der Waals surface area contributed by atoms with Crippen molar-refractivity contribution >= 4 is 6.08 Å². The van der Waals surface area contributed by atoms with E-state index in [0.717, 1.165) is 5.76 Å². The predicted octanol–water partition coefficient (Wildman–Crippen LogP) is 4.57. The van der Waals surface area contributed by atoms with Crippen molar-refractivity contribution in [3.8, 4) is 0 Å². The number of benzene rings is 2. The van der Waals surface area contributed by atoms with E-state index in [0.29, 0.717) is 6.61 Å². The van der Waals surface area contributed by atoms with Gasteiger partial charge < -0.3 is 4.74 Å². The molecule has 0 saturated heterocycles. The summed E-state index contributed by atoms with van der Waals surface area (Å²) >= 11 is 0. The molecule has 2 aromatic carbocycles. The predicted molar refractivity (Wildman–Crippen MR) is 76.1 cm³/mol. The van der Waals surface area contributed by atoms with Gasteiger partial charge in [0, 0.05) is 0 Å². The van der Waals surface area contributed by atoms with Crippen LogP contribution in [0, 0.1) is 6.92 Å². The van der Waals surface area contributed by atoms with E-state index in [4.69, 9.17) is 4.74 Å². The van der Waals surface area contributed by atoms with Crippen molar-refractivity contribution in [3.05, 3.63) is 77.0 Å². The molecule has 1 heteroatoms. The van der Waals surface area contributed by atoms with Gasteiger partial charge in [0.1, 0.15) is 6.61 Å². The van der Waals surface area contributed by atoms with Crippen LogP contribution in [0.2, 0.25) is 0 Å². The van der Waals surface area contributed by atoms with Crippen molar-refractivity contribution in [1.29, 1.82) is 0 Å². The Hall–Kier alpha value is -2.02. The zero-order valence-electron chi connectivity index (χ0n) is 10.9. The van der Waals surface area contributed by atoms with Gasteiger partial charge in [-0.2, -0.15) is 0 Å². The highest BCUT2D eigenvalue weighted by Crippen LogP contribution is 2.11. The Labute approximate surface area is 109 Å². The lowest BCUT2D eigenvalue weighted by Crippen LogP contribution is -1.90. The van der Waals surface area contributed by atoms with Crippen LogP contribution in [0.4, 0.5) is 0 Å². The summed E-state index contributed by atoms with van der Waals surface area (Å²) < 4.78 is 5.72. The molecule has 0 fully saturated rings. The first-order valence-electron chi connectivity index (χ1n) is 6.16. The zero-order chi connectivity index (χ0) is 12.8. The molecule has 0 aliphatic carbocycles. The van der Waals surface area contributed by atoms with E-state index in [2.05, 4.69) is 49.4 Å². The van der Waals surface area contributed by atoms with Crippen molar-refractivity contribution in [2.24, 2.45) is 0 Å². The molecule has 0 unspecified atom stereocenters. The lowest BCUT2D eigenvalue weighted by molar-refractivity contribution is 0.204. The topological polar surface area (TPSA) is 9.23 Å². The summed E-state index contributed by atoms with van der Waals surface area (Å²) in [5, 5.41) is 0. The standard InChI is InChI=1S/C17H18O/c1-14-8-10-16(11-9-14)12-15(2)18-13-17-6-4-3-5-7-17/h3-12H,13H2,1-2H3/b15-12+. The van der Waals surface area contributed by atoms with Crippen LogP contribution in [0.15, 0.2) is 60.4 Å². The lowest BCUT2D eigenvalue weighted by Gasteiger charge is -2.06. The first kappa shape index (κ1) is 12.4. The van der Waals surface area contributed by atoms with Gasteiger partial charge in [-0.1, -0.05) is 60.2 Å². The minimum Gasteiger partial charge on any atom is -0.494 e. The van der Waals surface area contributed by atoms with E-state index in [9.17, 15) is 0 Å². The maximum absolute atomic E-state index is 5.72. The van der Waals surface area contributed by atoms with Crippen LogP contribution in [-0.2, 0) is 11.3 Å². The second-order valence-electron chi connectivity index (χ2n) is 4.44. The van der Waals surface area contributed by atoms with E-state index in [1.54, 1.807) is 0 Å². The molecule has 0 N–H and O–H groups in total. The van der Waals surface area contributed by atoms with Crippen molar-refractivity contribution in [2.45, 2.75) is 20.5 Å². The highest BCUT2D eigenvalue weighted by molar-refractivity contribution is 5.51.